The molecule has 2 rings (SSSR count). The third-order valence-corrected chi connectivity index (χ3v) is 22.2. The minimum atomic E-state index is -2.33. The molecule has 0 heterocycles. The van der Waals surface area contributed by atoms with Gasteiger partial charge in [-0.1, -0.05) is 0 Å². The van der Waals surface area contributed by atoms with E-state index in [9.17, 15) is 4.79 Å². The third-order valence-electron chi connectivity index (χ3n) is 6.53. The predicted octanol–water partition coefficient (Wildman–Crippen LogP) is 7.12. The molecule has 1 aliphatic carbocycles. The molecule has 0 N–H and O–H groups in total. The Labute approximate surface area is 166 Å². The standard InChI is InChI=1S/C12H13O.3C4H9.Sn/c13-12(11-8-4-5-9-11)10-6-2-1-3-7-10;3*1-3-4-2;/h2-3,6-7,11H,4-5,8-9H2;3*1,3-4H2,2H3;. The number of benzene rings is 1. The van der Waals surface area contributed by atoms with E-state index in [-0.39, 0.29) is 0 Å². The van der Waals surface area contributed by atoms with E-state index in [1.165, 1.54) is 64.7 Å². The molecule has 0 saturated heterocycles. The number of hydrogen-bond acceptors (Lipinski definition) is 1. The van der Waals surface area contributed by atoms with Crippen LogP contribution in [-0.4, -0.2) is 24.2 Å². The van der Waals surface area contributed by atoms with Gasteiger partial charge < -0.3 is 0 Å². The summed E-state index contributed by atoms with van der Waals surface area (Å²) in [7, 11) is 0. The van der Waals surface area contributed by atoms with Crippen LogP contribution in [0.25, 0.3) is 0 Å². The summed E-state index contributed by atoms with van der Waals surface area (Å²) >= 11 is -2.33. The average molecular weight is 463 g/mol. The Morgan fingerprint density at radius 1 is 0.846 bits per heavy atom. The summed E-state index contributed by atoms with van der Waals surface area (Å²) < 4.78 is 6.20. The summed E-state index contributed by atoms with van der Waals surface area (Å²) in [5.41, 5.74) is 0.974. The average Bonchev–Trinajstić information content (AvgIpc) is 3.22. The van der Waals surface area contributed by atoms with Crippen LogP contribution in [0.15, 0.2) is 24.3 Å². The first kappa shape index (κ1) is 22.0. The molecule has 26 heavy (non-hydrogen) atoms. The van der Waals surface area contributed by atoms with E-state index >= 15 is 0 Å². The van der Waals surface area contributed by atoms with Crippen LogP contribution in [0.2, 0.25) is 13.3 Å². The monoisotopic (exact) mass is 464 g/mol. The Morgan fingerprint density at radius 2 is 1.31 bits per heavy atom. The molecule has 0 spiro atoms. The molecule has 0 aliphatic heterocycles. The molecule has 0 aromatic heterocycles. The van der Waals surface area contributed by atoms with Gasteiger partial charge in [-0.3, -0.25) is 0 Å². The summed E-state index contributed by atoms with van der Waals surface area (Å²) in [5.74, 6) is 0.708. The number of Topliss-reactive ketones (excluding diaryl/α,β-unsaturated/α-hetero) is 1. The molecule has 1 aromatic carbocycles. The summed E-state index contributed by atoms with van der Waals surface area (Å²) in [6.07, 6.45) is 12.8. The van der Waals surface area contributed by atoms with Gasteiger partial charge in [0.15, 0.2) is 0 Å². The van der Waals surface area contributed by atoms with Crippen LogP contribution in [-0.2, 0) is 0 Å². The van der Waals surface area contributed by atoms with Crippen LogP contribution in [0.4, 0.5) is 0 Å². The number of carbonyl (C=O) groups excluding carboxylic acids is 1. The summed E-state index contributed by atoms with van der Waals surface area (Å²) in [5, 5.41) is 0. The molecule has 1 saturated carbocycles. The van der Waals surface area contributed by atoms with Gasteiger partial charge in [-0.15, -0.1) is 0 Å². The second-order valence-electron chi connectivity index (χ2n) is 8.51. The normalized spacial score (nSPS) is 15.5. The molecule has 0 bridgehead atoms. The quantitative estimate of drug-likeness (QED) is 0.238. The maximum atomic E-state index is 12.7. The molecule has 0 unspecified atom stereocenters. The molecule has 146 valence electrons. The molecule has 1 nitrogen and oxygen atoms in total. The van der Waals surface area contributed by atoms with Gasteiger partial charge in [-0.25, -0.2) is 0 Å². The van der Waals surface area contributed by atoms with Crippen molar-refractivity contribution >= 4 is 27.7 Å². The van der Waals surface area contributed by atoms with Crippen molar-refractivity contribution in [2.45, 2.75) is 98.3 Å². The number of carbonyl (C=O) groups is 1. The second kappa shape index (κ2) is 11.5. The van der Waals surface area contributed by atoms with Gasteiger partial charge in [0, 0.05) is 0 Å². The van der Waals surface area contributed by atoms with Crippen molar-refractivity contribution in [1.29, 1.82) is 0 Å². The molecule has 1 fully saturated rings. The number of rotatable bonds is 12. The first-order valence-electron chi connectivity index (χ1n) is 11.3. The van der Waals surface area contributed by atoms with Gasteiger partial charge >= 0.3 is 167 Å². The van der Waals surface area contributed by atoms with Crippen LogP contribution in [0.3, 0.4) is 0 Å². The van der Waals surface area contributed by atoms with Crippen molar-refractivity contribution in [3.63, 3.8) is 0 Å². The van der Waals surface area contributed by atoms with Gasteiger partial charge in [0.1, 0.15) is 0 Å². The van der Waals surface area contributed by atoms with Crippen LogP contribution in [0.1, 0.15) is 95.3 Å². The Morgan fingerprint density at radius 3 is 1.73 bits per heavy atom. The van der Waals surface area contributed by atoms with Gasteiger partial charge in [-0.05, 0) is 0 Å². The molecule has 0 atom stereocenters. The topological polar surface area (TPSA) is 17.1 Å². The van der Waals surface area contributed by atoms with Gasteiger partial charge in [0.25, 0.3) is 0 Å². The van der Waals surface area contributed by atoms with E-state index in [2.05, 4.69) is 45.0 Å². The molecule has 0 radical (unpaired) electrons. The summed E-state index contributed by atoms with van der Waals surface area (Å²) in [4.78, 5) is 12.7. The Hall–Kier alpha value is -0.311. The van der Waals surface area contributed by atoms with Crippen molar-refractivity contribution in [1.82, 2.24) is 0 Å². The Kier molecular flexibility index (Phi) is 9.73. The predicted molar refractivity (Wildman–Crippen MR) is 117 cm³/mol. The van der Waals surface area contributed by atoms with E-state index in [0.717, 1.165) is 18.4 Å². The van der Waals surface area contributed by atoms with E-state index in [0.29, 0.717) is 11.7 Å². The second-order valence-corrected chi connectivity index (χ2v) is 21.8. The summed E-state index contributed by atoms with van der Waals surface area (Å²) in [6.45, 7) is 7.00. The van der Waals surface area contributed by atoms with Crippen molar-refractivity contribution in [3.8, 4) is 0 Å². The zero-order valence-corrected chi connectivity index (χ0v) is 20.3. The molecular weight excluding hydrogens is 423 g/mol. The molecule has 1 aliphatic rings. The third kappa shape index (κ3) is 5.84. The number of ketones is 1. The fraction of sp³-hybridized carbons (Fsp3) is 0.708. The summed E-state index contributed by atoms with van der Waals surface area (Å²) in [6, 6.07) is 9.15. The first-order valence-corrected chi connectivity index (χ1v) is 18.8. The van der Waals surface area contributed by atoms with Crippen LogP contribution in [0, 0.1) is 5.92 Å². The van der Waals surface area contributed by atoms with Crippen LogP contribution >= 0.6 is 0 Å². The SMILES string of the molecule is CCC[CH2][Sn]([CH2]CCC)([CH2]CCC)[c]1ccc(C(=O)C2CCCC2)cc1. The van der Waals surface area contributed by atoms with E-state index in [1.807, 2.05) is 0 Å². The van der Waals surface area contributed by atoms with Gasteiger partial charge in [0.05, 0.1) is 0 Å². The van der Waals surface area contributed by atoms with Gasteiger partial charge in [0.2, 0.25) is 0 Å². The van der Waals surface area contributed by atoms with Crippen molar-refractivity contribution in [2.75, 3.05) is 0 Å². The van der Waals surface area contributed by atoms with Gasteiger partial charge in [-0.2, -0.15) is 0 Å². The zero-order valence-electron chi connectivity index (χ0n) is 17.5. The zero-order chi connectivity index (χ0) is 18.8. The van der Waals surface area contributed by atoms with Crippen LogP contribution in [0.5, 0.6) is 0 Å². The minimum absolute atomic E-state index is 0.300. The maximum absolute atomic E-state index is 12.7. The van der Waals surface area contributed by atoms with E-state index in [4.69, 9.17) is 0 Å². The molecular formula is C24H40OSn. The Bertz CT molecular complexity index is 506. The van der Waals surface area contributed by atoms with Crippen molar-refractivity contribution < 1.29 is 4.79 Å². The molecule has 0 amide bonds. The fourth-order valence-corrected chi connectivity index (χ4v) is 20.7. The van der Waals surface area contributed by atoms with Crippen molar-refractivity contribution in [2.24, 2.45) is 5.92 Å². The van der Waals surface area contributed by atoms with E-state index in [1.54, 1.807) is 3.58 Å². The fourth-order valence-electron chi connectivity index (χ4n) is 4.77. The van der Waals surface area contributed by atoms with E-state index < -0.39 is 18.4 Å². The van der Waals surface area contributed by atoms with Crippen molar-refractivity contribution in [3.05, 3.63) is 29.8 Å². The first-order chi connectivity index (χ1) is 12.7. The van der Waals surface area contributed by atoms with Crippen LogP contribution < -0.4 is 3.58 Å². The number of hydrogen-bond donors (Lipinski definition) is 0. The molecule has 1 aromatic rings. The molecule has 2 heteroatoms. The Balaban J connectivity index is 2.22. The number of unbranched alkanes of at least 4 members (excludes halogenated alkanes) is 3.